The zero-order chi connectivity index (χ0) is 13.3. The standard InChI is InChI=1S/C16H21NO/c1-5-11-7-6-8-13-12(10-18)9-14(16(2,3)4)17-15(11)13/h6-9,18H,5,10H2,1-4H3. The Balaban J connectivity index is 2.80. The van der Waals surface area contributed by atoms with Crippen LogP contribution in [0.5, 0.6) is 0 Å². The molecule has 2 rings (SSSR count). The van der Waals surface area contributed by atoms with Crippen LogP contribution >= 0.6 is 0 Å². The van der Waals surface area contributed by atoms with Gasteiger partial charge in [-0.05, 0) is 23.6 Å². The number of pyridine rings is 1. The smallest absolute Gasteiger partial charge is 0.0741 e. The van der Waals surface area contributed by atoms with E-state index in [-0.39, 0.29) is 12.0 Å². The summed E-state index contributed by atoms with van der Waals surface area (Å²) in [5, 5.41) is 10.6. The fraction of sp³-hybridized carbons (Fsp3) is 0.438. The minimum atomic E-state index is -0.00103. The Morgan fingerprint density at radius 2 is 1.89 bits per heavy atom. The predicted molar refractivity (Wildman–Crippen MR) is 75.7 cm³/mol. The zero-order valence-electron chi connectivity index (χ0n) is 11.6. The van der Waals surface area contributed by atoms with Crippen LogP contribution in [0.3, 0.4) is 0 Å². The third-order valence-corrected chi connectivity index (χ3v) is 3.33. The summed E-state index contributed by atoms with van der Waals surface area (Å²) >= 11 is 0. The van der Waals surface area contributed by atoms with Gasteiger partial charge in [-0.3, -0.25) is 4.98 Å². The molecule has 2 aromatic rings. The van der Waals surface area contributed by atoms with Crippen molar-refractivity contribution in [2.24, 2.45) is 0 Å². The van der Waals surface area contributed by atoms with Crippen LogP contribution in [0.25, 0.3) is 10.9 Å². The van der Waals surface area contributed by atoms with Crippen LogP contribution in [-0.2, 0) is 18.4 Å². The van der Waals surface area contributed by atoms with Crippen molar-refractivity contribution in [3.05, 3.63) is 41.1 Å². The fourth-order valence-corrected chi connectivity index (χ4v) is 2.18. The molecule has 0 unspecified atom stereocenters. The molecule has 1 aromatic carbocycles. The first-order valence-electron chi connectivity index (χ1n) is 6.50. The summed E-state index contributed by atoms with van der Waals surface area (Å²) < 4.78 is 0. The topological polar surface area (TPSA) is 33.1 Å². The summed E-state index contributed by atoms with van der Waals surface area (Å²) in [4.78, 5) is 4.81. The lowest BCUT2D eigenvalue weighted by Crippen LogP contribution is -2.14. The molecule has 0 fully saturated rings. The van der Waals surface area contributed by atoms with Gasteiger partial charge in [0.05, 0.1) is 12.1 Å². The maximum absolute atomic E-state index is 9.56. The molecule has 0 aliphatic rings. The van der Waals surface area contributed by atoms with E-state index in [1.54, 1.807) is 0 Å². The molecule has 0 aliphatic carbocycles. The second-order valence-corrected chi connectivity index (χ2v) is 5.74. The molecule has 1 aromatic heterocycles. The van der Waals surface area contributed by atoms with E-state index < -0.39 is 0 Å². The lowest BCUT2D eigenvalue weighted by Gasteiger charge is -2.20. The average Bonchev–Trinajstić information content (AvgIpc) is 2.35. The number of para-hydroxylation sites is 1. The molecule has 96 valence electrons. The summed E-state index contributed by atoms with van der Waals surface area (Å²) in [6.07, 6.45) is 0.961. The number of aryl methyl sites for hydroxylation is 1. The van der Waals surface area contributed by atoms with E-state index in [4.69, 9.17) is 4.98 Å². The van der Waals surface area contributed by atoms with Gasteiger partial charge in [0.2, 0.25) is 0 Å². The second kappa shape index (κ2) is 4.69. The summed E-state index contributed by atoms with van der Waals surface area (Å²) in [5.41, 5.74) is 4.30. The van der Waals surface area contributed by atoms with Crippen molar-refractivity contribution in [1.82, 2.24) is 4.98 Å². The van der Waals surface area contributed by atoms with Gasteiger partial charge in [0.25, 0.3) is 0 Å². The van der Waals surface area contributed by atoms with Crippen molar-refractivity contribution in [2.45, 2.75) is 46.1 Å². The molecular formula is C16H21NO. The zero-order valence-corrected chi connectivity index (χ0v) is 11.6. The van der Waals surface area contributed by atoms with E-state index in [0.717, 1.165) is 28.6 Å². The van der Waals surface area contributed by atoms with Crippen molar-refractivity contribution < 1.29 is 5.11 Å². The Kier molecular flexibility index (Phi) is 3.40. The molecule has 0 spiro atoms. The van der Waals surface area contributed by atoms with E-state index >= 15 is 0 Å². The molecule has 0 saturated carbocycles. The third kappa shape index (κ3) is 2.25. The average molecular weight is 243 g/mol. The van der Waals surface area contributed by atoms with Crippen molar-refractivity contribution in [3.63, 3.8) is 0 Å². The first kappa shape index (κ1) is 13.0. The van der Waals surface area contributed by atoms with Crippen molar-refractivity contribution in [1.29, 1.82) is 0 Å². The highest BCUT2D eigenvalue weighted by atomic mass is 16.3. The predicted octanol–water partition coefficient (Wildman–Crippen LogP) is 3.59. The lowest BCUT2D eigenvalue weighted by atomic mass is 9.89. The van der Waals surface area contributed by atoms with Crippen LogP contribution in [0.15, 0.2) is 24.3 Å². The van der Waals surface area contributed by atoms with E-state index in [0.29, 0.717) is 0 Å². The molecule has 0 saturated heterocycles. The number of aliphatic hydroxyl groups excluding tert-OH is 1. The minimum Gasteiger partial charge on any atom is -0.392 e. The largest absolute Gasteiger partial charge is 0.392 e. The van der Waals surface area contributed by atoms with Gasteiger partial charge in [-0.25, -0.2) is 0 Å². The summed E-state index contributed by atoms with van der Waals surface area (Å²) in [5.74, 6) is 0. The van der Waals surface area contributed by atoms with Crippen molar-refractivity contribution in [2.75, 3.05) is 0 Å². The van der Waals surface area contributed by atoms with Gasteiger partial charge in [0, 0.05) is 16.5 Å². The van der Waals surface area contributed by atoms with Gasteiger partial charge in [-0.2, -0.15) is 0 Å². The number of nitrogens with zero attached hydrogens (tertiary/aromatic N) is 1. The molecule has 0 atom stereocenters. The van der Waals surface area contributed by atoms with Gasteiger partial charge in [0.1, 0.15) is 0 Å². The highest BCUT2D eigenvalue weighted by Crippen LogP contribution is 2.28. The molecule has 0 bridgehead atoms. The van der Waals surface area contributed by atoms with Crippen molar-refractivity contribution >= 4 is 10.9 Å². The quantitative estimate of drug-likeness (QED) is 0.874. The van der Waals surface area contributed by atoms with Crippen LogP contribution < -0.4 is 0 Å². The molecule has 2 heteroatoms. The number of aromatic nitrogens is 1. The maximum atomic E-state index is 9.56. The van der Waals surface area contributed by atoms with Crippen molar-refractivity contribution in [3.8, 4) is 0 Å². The number of aliphatic hydroxyl groups is 1. The molecule has 0 aliphatic heterocycles. The Morgan fingerprint density at radius 3 is 2.44 bits per heavy atom. The molecular weight excluding hydrogens is 222 g/mol. The van der Waals surface area contributed by atoms with E-state index in [1.165, 1.54) is 5.56 Å². The summed E-state index contributed by atoms with van der Waals surface area (Å²) in [7, 11) is 0. The van der Waals surface area contributed by atoms with Gasteiger partial charge in [-0.15, -0.1) is 0 Å². The summed E-state index contributed by atoms with van der Waals surface area (Å²) in [6.45, 7) is 8.65. The number of rotatable bonds is 2. The molecule has 2 nitrogen and oxygen atoms in total. The van der Waals surface area contributed by atoms with Crippen LogP contribution in [0, 0.1) is 0 Å². The molecule has 1 heterocycles. The first-order chi connectivity index (χ1) is 8.47. The number of hydrogen-bond donors (Lipinski definition) is 1. The molecule has 0 amide bonds. The molecule has 0 radical (unpaired) electrons. The summed E-state index contributed by atoms with van der Waals surface area (Å²) in [6, 6.07) is 8.23. The van der Waals surface area contributed by atoms with Gasteiger partial charge < -0.3 is 5.11 Å². The molecule has 18 heavy (non-hydrogen) atoms. The van der Waals surface area contributed by atoms with Gasteiger partial charge >= 0.3 is 0 Å². The number of benzene rings is 1. The second-order valence-electron chi connectivity index (χ2n) is 5.74. The Labute approximate surface area is 109 Å². The monoisotopic (exact) mass is 243 g/mol. The highest BCUT2D eigenvalue weighted by Gasteiger charge is 2.18. The van der Waals surface area contributed by atoms with Gasteiger partial charge in [-0.1, -0.05) is 45.9 Å². The maximum Gasteiger partial charge on any atom is 0.0741 e. The van der Waals surface area contributed by atoms with Gasteiger partial charge in [0.15, 0.2) is 0 Å². The normalized spacial score (nSPS) is 12.1. The van der Waals surface area contributed by atoms with Crippen LogP contribution in [-0.4, -0.2) is 10.1 Å². The Bertz CT molecular complexity index is 567. The van der Waals surface area contributed by atoms with Crippen LogP contribution in [0.1, 0.15) is 44.5 Å². The van der Waals surface area contributed by atoms with E-state index in [9.17, 15) is 5.11 Å². The fourth-order valence-electron chi connectivity index (χ4n) is 2.18. The highest BCUT2D eigenvalue weighted by molar-refractivity contribution is 5.85. The number of fused-ring (bicyclic) bond motifs is 1. The van der Waals surface area contributed by atoms with Crippen LogP contribution in [0.4, 0.5) is 0 Å². The third-order valence-electron chi connectivity index (χ3n) is 3.33. The van der Waals surface area contributed by atoms with Crippen LogP contribution in [0.2, 0.25) is 0 Å². The van der Waals surface area contributed by atoms with E-state index in [2.05, 4.69) is 33.8 Å². The Morgan fingerprint density at radius 1 is 1.17 bits per heavy atom. The van der Waals surface area contributed by atoms with E-state index in [1.807, 2.05) is 18.2 Å². The first-order valence-corrected chi connectivity index (χ1v) is 6.50. The SMILES string of the molecule is CCc1cccc2c(CO)cc(C(C)(C)C)nc12. The lowest BCUT2D eigenvalue weighted by molar-refractivity contribution is 0.283. The minimum absolute atomic E-state index is 0.00103. The number of hydrogen-bond acceptors (Lipinski definition) is 2. The Hall–Kier alpha value is -1.41. The molecule has 1 N–H and O–H groups in total.